The molecule has 1 saturated heterocycles. The molecule has 0 bridgehead atoms. The van der Waals surface area contributed by atoms with Crippen LogP contribution in [0, 0.1) is 0 Å². The number of rotatable bonds is 1. The Labute approximate surface area is 153 Å². The van der Waals surface area contributed by atoms with Gasteiger partial charge in [-0.1, -0.05) is 32.4 Å². The summed E-state index contributed by atoms with van der Waals surface area (Å²) in [5, 5.41) is 4.56. The summed E-state index contributed by atoms with van der Waals surface area (Å²) in [6.07, 6.45) is 0. The van der Waals surface area contributed by atoms with Gasteiger partial charge in [-0.2, -0.15) is 0 Å². The Morgan fingerprint density at radius 2 is 1.92 bits per heavy atom. The lowest BCUT2D eigenvalue weighted by atomic mass is 9.97. The summed E-state index contributed by atoms with van der Waals surface area (Å²) in [6.45, 7) is 10.1. The number of benzene rings is 1. The lowest BCUT2D eigenvalue weighted by molar-refractivity contribution is 0.217. The quantitative estimate of drug-likeness (QED) is 0.776. The van der Waals surface area contributed by atoms with E-state index in [-0.39, 0.29) is 5.41 Å². The van der Waals surface area contributed by atoms with Crippen molar-refractivity contribution in [2.45, 2.75) is 26.2 Å². The number of halogens is 1. The fourth-order valence-electron chi connectivity index (χ4n) is 2.59. The second kappa shape index (κ2) is 6.50. The Morgan fingerprint density at radius 1 is 1.25 bits per heavy atom. The molecule has 2 aromatic rings. The highest BCUT2D eigenvalue weighted by Crippen LogP contribution is 2.32. The molecule has 1 aliphatic heterocycles. The summed E-state index contributed by atoms with van der Waals surface area (Å²) in [5.41, 5.74) is 2.03. The average molecular weight is 367 g/mol. The van der Waals surface area contributed by atoms with Crippen molar-refractivity contribution in [3.63, 3.8) is 0 Å². The Kier molecular flexibility index (Phi) is 4.73. The van der Waals surface area contributed by atoms with Gasteiger partial charge >= 0.3 is 0 Å². The molecule has 130 valence electrons. The third-order valence-corrected chi connectivity index (χ3v) is 4.78. The van der Waals surface area contributed by atoms with Gasteiger partial charge in [0.1, 0.15) is 5.52 Å². The maximum Gasteiger partial charge on any atom is 0.200 e. The number of thiocarbonyl (C=S) groups is 1. The van der Waals surface area contributed by atoms with Crippen LogP contribution in [0.25, 0.3) is 11.1 Å². The maximum absolute atomic E-state index is 6.39. The van der Waals surface area contributed by atoms with E-state index in [0.29, 0.717) is 27.1 Å². The third-order valence-electron chi connectivity index (χ3n) is 4.13. The summed E-state index contributed by atoms with van der Waals surface area (Å²) in [5.74, 6) is 0.679. The van der Waals surface area contributed by atoms with Gasteiger partial charge in [0, 0.05) is 43.3 Å². The number of oxazole rings is 1. The SMILES string of the molecule is CN1CCN(C(=S)Nc2cc(Cl)c3nc(C(C)(C)C)oc3c2)CC1. The van der Waals surface area contributed by atoms with Gasteiger partial charge in [-0.3, -0.25) is 0 Å². The van der Waals surface area contributed by atoms with Gasteiger partial charge in [-0.15, -0.1) is 0 Å². The van der Waals surface area contributed by atoms with Crippen molar-refractivity contribution in [2.75, 3.05) is 38.5 Å². The van der Waals surface area contributed by atoms with Gasteiger partial charge in [0.25, 0.3) is 0 Å². The van der Waals surface area contributed by atoms with Crippen molar-refractivity contribution >= 4 is 45.7 Å². The van der Waals surface area contributed by atoms with Crippen molar-refractivity contribution < 1.29 is 4.42 Å². The zero-order valence-electron chi connectivity index (χ0n) is 14.5. The van der Waals surface area contributed by atoms with Crippen LogP contribution in [-0.4, -0.2) is 53.1 Å². The maximum atomic E-state index is 6.39. The standard InChI is InChI=1S/C17H23ClN4OS/c1-17(2,3)15-20-14-12(18)9-11(10-13(14)23-15)19-16(24)22-7-5-21(4)6-8-22/h9-10H,5-8H2,1-4H3,(H,19,24). The predicted octanol–water partition coefficient (Wildman–Crippen LogP) is 3.72. The van der Waals surface area contributed by atoms with E-state index in [1.165, 1.54) is 0 Å². The van der Waals surface area contributed by atoms with Crippen LogP contribution in [0.4, 0.5) is 5.69 Å². The van der Waals surface area contributed by atoms with E-state index < -0.39 is 0 Å². The topological polar surface area (TPSA) is 44.5 Å². The van der Waals surface area contributed by atoms with Gasteiger partial charge < -0.3 is 19.5 Å². The zero-order valence-corrected chi connectivity index (χ0v) is 16.1. The van der Waals surface area contributed by atoms with Crippen LogP contribution in [0.1, 0.15) is 26.7 Å². The summed E-state index contributed by atoms with van der Waals surface area (Å²) in [6, 6.07) is 3.76. The summed E-state index contributed by atoms with van der Waals surface area (Å²) < 4.78 is 5.90. The molecule has 0 aliphatic carbocycles. The summed E-state index contributed by atoms with van der Waals surface area (Å²) in [4.78, 5) is 9.00. The first kappa shape index (κ1) is 17.5. The first-order valence-electron chi connectivity index (χ1n) is 8.09. The average Bonchev–Trinajstić information content (AvgIpc) is 2.92. The molecule has 1 N–H and O–H groups in total. The third kappa shape index (κ3) is 3.66. The van der Waals surface area contributed by atoms with Crippen LogP contribution in [0.3, 0.4) is 0 Å². The molecule has 0 radical (unpaired) electrons. The van der Waals surface area contributed by atoms with E-state index in [9.17, 15) is 0 Å². The number of aromatic nitrogens is 1. The van der Waals surface area contributed by atoms with E-state index in [0.717, 1.165) is 31.9 Å². The molecule has 0 spiro atoms. The first-order chi connectivity index (χ1) is 11.2. The monoisotopic (exact) mass is 366 g/mol. The molecule has 0 unspecified atom stereocenters. The molecule has 2 heterocycles. The summed E-state index contributed by atoms with van der Waals surface area (Å²) in [7, 11) is 2.12. The number of piperazine rings is 1. The van der Waals surface area contributed by atoms with Crippen LogP contribution in [0.2, 0.25) is 5.02 Å². The minimum Gasteiger partial charge on any atom is -0.440 e. The summed E-state index contributed by atoms with van der Waals surface area (Å²) >= 11 is 11.9. The van der Waals surface area contributed by atoms with Gasteiger partial charge in [0.05, 0.1) is 5.02 Å². The highest BCUT2D eigenvalue weighted by Gasteiger charge is 2.23. The van der Waals surface area contributed by atoms with Crippen LogP contribution < -0.4 is 5.32 Å². The fraction of sp³-hybridized carbons (Fsp3) is 0.529. The van der Waals surface area contributed by atoms with E-state index in [1.54, 1.807) is 0 Å². The normalized spacial score (nSPS) is 16.6. The zero-order chi connectivity index (χ0) is 17.5. The van der Waals surface area contributed by atoms with Gasteiger partial charge in [-0.25, -0.2) is 4.98 Å². The van der Waals surface area contributed by atoms with Gasteiger partial charge in [0.2, 0.25) is 5.89 Å². The molecule has 5 nitrogen and oxygen atoms in total. The predicted molar refractivity (Wildman–Crippen MR) is 103 cm³/mol. The van der Waals surface area contributed by atoms with Crippen molar-refractivity contribution in [1.29, 1.82) is 0 Å². The lowest BCUT2D eigenvalue weighted by Crippen LogP contribution is -2.48. The van der Waals surface area contributed by atoms with E-state index in [4.69, 9.17) is 28.2 Å². The minimum absolute atomic E-state index is 0.162. The van der Waals surface area contributed by atoms with Crippen molar-refractivity contribution in [3.05, 3.63) is 23.0 Å². The first-order valence-corrected chi connectivity index (χ1v) is 8.88. The molecule has 1 aromatic carbocycles. The molecular weight excluding hydrogens is 344 g/mol. The Balaban J connectivity index is 1.81. The molecule has 1 fully saturated rings. The number of anilines is 1. The Morgan fingerprint density at radius 3 is 2.54 bits per heavy atom. The largest absolute Gasteiger partial charge is 0.440 e. The second-order valence-corrected chi connectivity index (χ2v) is 8.09. The highest BCUT2D eigenvalue weighted by molar-refractivity contribution is 7.80. The van der Waals surface area contributed by atoms with Crippen molar-refractivity contribution in [3.8, 4) is 0 Å². The second-order valence-electron chi connectivity index (χ2n) is 7.29. The molecule has 7 heteroatoms. The number of hydrogen-bond donors (Lipinski definition) is 1. The molecular formula is C17H23ClN4OS. The van der Waals surface area contributed by atoms with E-state index >= 15 is 0 Å². The number of fused-ring (bicyclic) bond motifs is 1. The fourth-order valence-corrected chi connectivity index (χ4v) is 3.15. The van der Waals surface area contributed by atoms with Crippen LogP contribution in [0.15, 0.2) is 16.5 Å². The number of likely N-dealkylation sites (N-methyl/N-ethyl adjacent to an activating group) is 1. The molecule has 24 heavy (non-hydrogen) atoms. The Bertz CT molecular complexity index is 760. The van der Waals surface area contributed by atoms with Crippen molar-refractivity contribution in [1.82, 2.24) is 14.8 Å². The van der Waals surface area contributed by atoms with Crippen LogP contribution in [0.5, 0.6) is 0 Å². The van der Waals surface area contributed by atoms with Crippen LogP contribution >= 0.6 is 23.8 Å². The van der Waals surface area contributed by atoms with Gasteiger partial charge in [0.15, 0.2) is 10.7 Å². The molecule has 3 rings (SSSR count). The van der Waals surface area contributed by atoms with E-state index in [2.05, 4.69) is 47.9 Å². The molecule has 1 aromatic heterocycles. The number of hydrogen-bond acceptors (Lipinski definition) is 4. The lowest BCUT2D eigenvalue weighted by Gasteiger charge is -2.34. The van der Waals surface area contributed by atoms with Gasteiger partial charge in [-0.05, 0) is 25.3 Å². The molecule has 0 atom stereocenters. The Hall–Kier alpha value is -1.37. The van der Waals surface area contributed by atoms with Crippen molar-refractivity contribution in [2.24, 2.45) is 0 Å². The molecule has 0 amide bonds. The molecule has 1 aliphatic rings. The molecule has 0 saturated carbocycles. The number of nitrogens with one attached hydrogen (secondary N) is 1. The van der Waals surface area contributed by atoms with E-state index in [1.807, 2.05) is 12.1 Å². The minimum atomic E-state index is -0.162. The smallest absolute Gasteiger partial charge is 0.200 e. The highest BCUT2D eigenvalue weighted by atomic mass is 35.5. The van der Waals surface area contributed by atoms with Crippen LogP contribution in [-0.2, 0) is 5.41 Å². The number of nitrogens with zero attached hydrogens (tertiary/aromatic N) is 3.